The van der Waals surface area contributed by atoms with Crippen molar-refractivity contribution in [2.75, 3.05) is 11.6 Å². The van der Waals surface area contributed by atoms with Crippen LogP contribution in [0.4, 0.5) is 0 Å². The Bertz CT molecular complexity index is 91.7. The number of hydrogen-bond acceptors (Lipinski definition) is 3. The zero-order valence-corrected chi connectivity index (χ0v) is 6.66. The first kappa shape index (κ1) is 8.80. The van der Waals surface area contributed by atoms with Crippen molar-refractivity contribution in [3.8, 4) is 6.07 Å². The van der Waals surface area contributed by atoms with Gasteiger partial charge >= 0.3 is 0 Å². The van der Waals surface area contributed by atoms with Crippen LogP contribution >= 0.6 is 11.8 Å². The Hall–Kier alpha value is -0.200. The Balaban J connectivity index is 0.000000291. The minimum Gasteiger partial charge on any atom is -0.292 e. The Morgan fingerprint density at radius 1 is 1.67 bits per heavy atom. The van der Waals surface area contributed by atoms with E-state index >= 15 is 0 Å². The molecule has 1 aliphatic heterocycles. The molecular formula is C6H12N2S. The van der Waals surface area contributed by atoms with Crippen LogP contribution < -0.4 is 5.32 Å². The van der Waals surface area contributed by atoms with Gasteiger partial charge in [0.1, 0.15) is 6.04 Å². The molecule has 52 valence electrons. The van der Waals surface area contributed by atoms with E-state index in [1.165, 1.54) is 0 Å². The van der Waals surface area contributed by atoms with Crippen molar-refractivity contribution in [3.63, 3.8) is 0 Å². The molecule has 1 rings (SSSR count). The van der Waals surface area contributed by atoms with Crippen molar-refractivity contribution in [1.82, 2.24) is 5.32 Å². The van der Waals surface area contributed by atoms with Crippen molar-refractivity contribution in [2.24, 2.45) is 0 Å². The van der Waals surface area contributed by atoms with E-state index in [0.717, 1.165) is 11.6 Å². The molecule has 1 N–H and O–H groups in total. The van der Waals surface area contributed by atoms with Crippen LogP contribution in [0.1, 0.15) is 13.8 Å². The van der Waals surface area contributed by atoms with Gasteiger partial charge in [-0.3, -0.25) is 5.32 Å². The maximum Gasteiger partial charge on any atom is 0.105 e. The summed E-state index contributed by atoms with van der Waals surface area (Å²) in [6, 6.07) is 2.25. The molecule has 0 spiro atoms. The van der Waals surface area contributed by atoms with Crippen LogP contribution in [0.5, 0.6) is 0 Å². The highest BCUT2D eigenvalue weighted by Crippen LogP contribution is 2.07. The first-order valence-electron chi connectivity index (χ1n) is 3.14. The second-order valence-electron chi connectivity index (χ2n) is 1.40. The highest BCUT2D eigenvalue weighted by atomic mass is 32.2. The zero-order valence-electron chi connectivity index (χ0n) is 5.85. The third-order valence-electron chi connectivity index (χ3n) is 0.872. The topological polar surface area (TPSA) is 35.8 Å². The highest BCUT2D eigenvalue weighted by Gasteiger charge is 2.11. The molecule has 1 saturated heterocycles. The Morgan fingerprint density at radius 2 is 2.33 bits per heavy atom. The van der Waals surface area contributed by atoms with Gasteiger partial charge in [-0.25, -0.2) is 0 Å². The summed E-state index contributed by atoms with van der Waals surface area (Å²) in [5.41, 5.74) is 0. The molecule has 2 nitrogen and oxygen atoms in total. The quantitative estimate of drug-likeness (QED) is 0.555. The van der Waals surface area contributed by atoms with Crippen molar-refractivity contribution in [3.05, 3.63) is 0 Å². The zero-order chi connectivity index (χ0) is 7.11. The molecule has 1 unspecified atom stereocenters. The fourth-order valence-electron chi connectivity index (χ4n) is 0.478. The van der Waals surface area contributed by atoms with E-state index in [4.69, 9.17) is 5.26 Å². The van der Waals surface area contributed by atoms with E-state index in [0.29, 0.717) is 0 Å². The SMILES string of the molecule is CC.N#CC1CSCN1. The molecule has 0 aromatic rings. The third kappa shape index (κ3) is 3.39. The molecule has 0 aromatic carbocycles. The Kier molecular flexibility index (Phi) is 5.80. The average molecular weight is 144 g/mol. The van der Waals surface area contributed by atoms with Gasteiger partial charge in [0.2, 0.25) is 0 Å². The van der Waals surface area contributed by atoms with Gasteiger partial charge in [-0.1, -0.05) is 13.8 Å². The number of nitriles is 1. The molecule has 0 bridgehead atoms. The van der Waals surface area contributed by atoms with E-state index in [1.54, 1.807) is 11.8 Å². The molecule has 0 saturated carbocycles. The summed E-state index contributed by atoms with van der Waals surface area (Å²) in [6.45, 7) is 4.00. The van der Waals surface area contributed by atoms with Gasteiger partial charge in [0.25, 0.3) is 0 Å². The number of nitrogens with one attached hydrogen (secondary N) is 1. The lowest BCUT2D eigenvalue weighted by atomic mass is 10.4. The van der Waals surface area contributed by atoms with E-state index < -0.39 is 0 Å². The lowest BCUT2D eigenvalue weighted by molar-refractivity contribution is 0.765. The van der Waals surface area contributed by atoms with Crippen molar-refractivity contribution < 1.29 is 0 Å². The van der Waals surface area contributed by atoms with E-state index in [1.807, 2.05) is 13.8 Å². The summed E-state index contributed by atoms with van der Waals surface area (Å²) in [7, 11) is 0. The monoisotopic (exact) mass is 144 g/mol. The molecule has 9 heavy (non-hydrogen) atoms. The number of nitrogens with zero attached hydrogens (tertiary/aromatic N) is 1. The summed E-state index contributed by atoms with van der Waals surface area (Å²) in [5.74, 6) is 1.90. The minimum atomic E-state index is 0.116. The summed E-state index contributed by atoms with van der Waals surface area (Å²) < 4.78 is 0. The molecule has 1 aliphatic rings. The third-order valence-corrected chi connectivity index (χ3v) is 1.81. The first-order valence-corrected chi connectivity index (χ1v) is 4.29. The molecule has 1 atom stereocenters. The summed E-state index contributed by atoms with van der Waals surface area (Å²) in [5, 5.41) is 11.2. The first-order chi connectivity index (χ1) is 4.43. The van der Waals surface area contributed by atoms with Crippen molar-refractivity contribution in [2.45, 2.75) is 19.9 Å². The lowest BCUT2D eigenvalue weighted by Gasteiger charge is -1.90. The Labute approximate surface area is 60.6 Å². The van der Waals surface area contributed by atoms with Gasteiger partial charge in [0, 0.05) is 11.6 Å². The maximum absolute atomic E-state index is 8.24. The largest absolute Gasteiger partial charge is 0.292 e. The van der Waals surface area contributed by atoms with Crippen LogP contribution in [0.2, 0.25) is 0 Å². The fourth-order valence-corrected chi connectivity index (χ4v) is 1.34. The highest BCUT2D eigenvalue weighted by molar-refractivity contribution is 7.99. The van der Waals surface area contributed by atoms with E-state index in [-0.39, 0.29) is 6.04 Å². The maximum atomic E-state index is 8.24. The second-order valence-corrected chi connectivity index (χ2v) is 2.43. The number of hydrogen-bond donors (Lipinski definition) is 1. The molecule has 3 heteroatoms. The van der Waals surface area contributed by atoms with Crippen LogP contribution in [-0.4, -0.2) is 17.7 Å². The smallest absolute Gasteiger partial charge is 0.105 e. The normalized spacial score (nSPS) is 23.9. The molecule has 0 aliphatic carbocycles. The summed E-state index contributed by atoms with van der Waals surface area (Å²) >= 11 is 1.77. The van der Waals surface area contributed by atoms with Crippen LogP contribution in [0.3, 0.4) is 0 Å². The van der Waals surface area contributed by atoms with Crippen LogP contribution in [-0.2, 0) is 0 Å². The predicted molar refractivity (Wildman–Crippen MR) is 41.2 cm³/mol. The minimum absolute atomic E-state index is 0.116. The summed E-state index contributed by atoms with van der Waals surface area (Å²) in [6.07, 6.45) is 0. The van der Waals surface area contributed by atoms with Gasteiger partial charge in [-0.15, -0.1) is 11.8 Å². The van der Waals surface area contributed by atoms with Gasteiger partial charge in [0.05, 0.1) is 6.07 Å². The second kappa shape index (κ2) is 5.93. The molecular weight excluding hydrogens is 132 g/mol. The number of thioether (sulfide) groups is 1. The average Bonchev–Trinajstić information content (AvgIpc) is 2.43. The molecule has 0 amide bonds. The van der Waals surface area contributed by atoms with Crippen LogP contribution in [0.25, 0.3) is 0 Å². The summed E-state index contributed by atoms with van der Waals surface area (Å²) in [4.78, 5) is 0. The van der Waals surface area contributed by atoms with Gasteiger partial charge in [0.15, 0.2) is 0 Å². The van der Waals surface area contributed by atoms with E-state index in [2.05, 4.69) is 11.4 Å². The van der Waals surface area contributed by atoms with Crippen molar-refractivity contribution >= 4 is 11.8 Å². The standard InChI is InChI=1S/C4H6N2S.C2H6/c5-1-4-2-7-3-6-4;1-2/h4,6H,2-3H2;1-2H3. The van der Waals surface area contributed by atoms with Crippen molar-refractivity contribution in [1.29, 1.82) is 5.26 Å². The van der Waals surface area contributed by atoms with Gasteiger partial charge < -0.3 is 0 Å². The van der Waals surface area contributed by atoms with Crippen LogP contribution in [0, 0.1) is 11.3 Å². The van der Waals surface area contributed by atoms with Gasteiger partial charge in [-0.2, -0.15) is 5.26 Å². The molecule has 1 heterocycles. The molecule has 1 fully saturated rings. The number of rotatable bonds is 0. The predicted octanol–water partition coefficient (Wildman–Crippen LogP) is 1.20. The fraction of sp³-hybridized carbons (Fsp3) is 0.833. The Morgan fingerprint density at radius 3 is 2.56 bits per heavy atom. The van der Waals surface area contributed by atoms with Gasteiger partial charge in [-0.05, 0) is 0 Å². The molecule has 0 radical (unpaired) electrons. The van der Waals surface area contributed by atoms with E-state index in [9.17, 15) is 0 Å². The van der Waals surface area contributed by atoms with Crippen LogP contribution in [0.15, 0.2) is 0 Å². The molecule has 0 aromatic heterocycles. The lowest BCUT2D eigenvalue weighted by Crippen LogP contribution is -2.20.